The molecule has 1 heterocycles. The summed E-state index contributed by atoms with van der Waals surface area (Å²) in [5, 5.41) is 3.38. The van der Waals surface area contributed by atoms with Crippen molar-refractivity contribution in [1.82, 2.24) is 10.2 Å². The standard InChI is InChI=1S/C17H24N2O/c1-12-4-3-5-14(10-12)11-19(15-6-7-15)17(20)16-13(2)8-9-18-16/h3-5,10,13,15-16,18H,6-9,11H2,1-2H3. The zero-order valence-corrected chi connectivity index (χ0v) is 12.4. The van der Waals surface area contributed by atoms with Crippen molar-refractivity contribution >= 4 is 5.91 Å². The van der Waals surface area contributed by atoms with Gasteiger partial charge in [-0.2, -0.15) is 0 Å². The molecule has 2 unspecified atom stereocenters. The van der Waals surface area contributed by atoms with Gasteiger partial charge in [0.05, 0.1) is 6.04 Å². The molecule has 2 aliphatic rings. The second kappa shape index (κ2) is 5.57. The molecule has 1 aromatic rings. The number of nitrogens with one attached hydrogen (secondary N) is 1. The van der Waals surface area contributed by atoms with Gasteiger partial charge in [0, 0.05) is 12.6 Å². The van der Waals surface area contributed by atoms with Crippen LogP contribution in [-0.2, 0) is 11.3 Å². The number of rotatable bonds is 4. The Morgan fingerprint density at radius 3 is 2.75 bits per heavy atom. The third-order valence-corrected chi connectivity index (χ3v) is 4.51. The van der Waals surface area contributed by atoms with Gasteiger partial charge in [0.15, 0.2) is 0 Å². The Morgan fingerprint density at radius 2 is 2.15 bits per heavy atom. The maximum Gasteiger partial charge on any atom is 0.240 e. The molecule has 1 N–H and O–H groups in total. The number of hydrogen-bond acceptors (Lipinski definition) is 2. The smallest absolute Gasteiger partial charge is 0.240 e. The first-order valence-corrected chi connectivity index (χ1v) is 7.74. The third kappa shape index (κ3) is 2.88. The predicted molar refractivity (Wildman–Crippen MR) is 80.3 cm³/mol. The van der Waals surface area contributed by atoms with Gasteiger partial charge in [0.1, 0.15) is 0 Å². The minimum Gasteiger partial charge on any atom is -0.334 e. The summed E-state index contributed by atoms with van der Waals surface area (Å²) in [7, 11) is 0. The van der Waals surface area contributed by atoms with Crippen LogP contribution in [0.25, 0.3) is 0 Å². The van der Waals surface area contributed by atoms with Crippen molar-refractivity contribution in [3.05, 3.63) is 35.4 Å². The molecule has 20 heavy (non-hydrogen) atoms. The Labute approximate surface area is 121 Å². The molecule has 108 valence electrons. The predicted octanol–water partition coefficient (Wildman–Crippen LogP) is 2.48. The summed E-state index contributed by atoms with van der Waals surface area (Å²) in [5.74, 6) is 0.764. The van der Waals surface area contributed by atoms with E-state index in [1.807, 2.05) is 0 Å². The number of aryl methyl sites for hydroxylation is 1. The second-order valence-electron chi connectivity index (χ2n) is 6.38. The van der Waals surface area contributed by atoms with Gasteiger partial charge < -0.3 is 10.2 Å². The minimum absolute atomic E-state index is 0.0282. The van der Waals surface area contributed by atoms with Crippen molar-refractivity contribution in [2.75, 3.05) is 6.54 Å². The van der Waals surface area contributed by atoms with E-state index in [1.165, 1.54) is 24.0 Å². The zero-order valence-electron chi connectivity index (χ0n) is 12.4. The lowest BCUT2D eigenvalue weighted by Crippen LogP contribution is -2.46. The molecular weight excluding hydrogens is 248 g/mol. The SMILES string of the molecule is Cc1cccc(CN(C(=O)C2NCCC2C)C2CC2)c1. The van der Waals surface area contributed by atoms with Crippen LogP contribution >= 0.6 is 0 Å². The van der Waals surface area contributed by atoms with Crippen molar-refractivity contribution in [3.8, 4) is 0 Å². The molecule has 0 radical (unpaired) electrons. The van der Waals surface area contributed by atoms with E-state index in [0.29, 0.717) is 17.9 Å². The molecule has 3 nitrogen and oxygen atoms in total. The molecule has 3 rings (SSSR count). The van der Waals surface area contributed by atoms with E-state index in [9.17, 15) is 4.79 Å². The largest absolute Gasteiger partial charge is 0.334 e. The summed E-state index contributed by atoms with van der Waals surface area (Å²) in [4.78, 5) is 14.9. The van der Waals surface area contributed by atoms with Gasteiger partial charge >= 0.3 is 0 Å². The van der Waals surface area contributed by atoms with E-state index in [1.54, 1.807) is 0 Å². The summed E-state index contributed by atoms with van der Waals surface area (Å²) < 4.78 is 0. The molecule has 1 aliphatic heterocycles. The Balaban J connectivity index is 1.74. The average molecular weight is 272 g/mol. The minimum atomic E-state index is 0.0282. The molecule has 0 spiro atoms. The first-order chi connectivity index (χ1) is 9.65. The molecule has 1 saturated carbocycles. The molecule has 1 aromatic carbocycles. The van der Waals surface area contributed by atoms with E-state index in [4.69, 9.17) is 0 Å². The van der Waals surface area contributed by atoms with Gasteiger partial charge in [-0.15, -0.1) is 0 Å². The quantitative estimate of drug-likeness (QED) is 0.913. The lowest BCUT2D eigenvalue weighted by atomic mass is 10.0. The summed E-state index contributed by atoms with van der Waals surface area (Å²) >= 11 is 0. The highest BCUT2D eigenvalue weighted by Gasteiger charge is 2.39. The third-order valence-electron chi connectivity index (χ3n) is 4.51. The van der Waals surface area contributed by atoms with E-state index in [-0.39, 0.29) is 6.04 Å². The van der Waals surface area contributed by atoms with E-state index < -0.39 is 0 Å². The fourth-order valence-electron chi connectivity index (χ4n) is 3.12. The number of hydrogen-bond donors (Lipinski definition) is 1. The van der Waals surface area contributed by atoms with Crippen LogP contribution in [0.4, 0.5) is 0 Å². The number of carbonyl (C=O) groups excluding carboxylic acids is 1. The van der Waals surface area contributed by atoms with Gasteiger partial charge in [-0.05, 0) is 44.2 Å². The number of nitrogens with zero attached hydrogens (tertiary/aromatic N) is 1. The molecule has 2 fully saturated rings. The van der Waals surface area contributed by atoms with Crippen molar-refractivity contribution in [3.63, 3.8) is 0 Å². The fourth-order valence-corrected chi connectivity index (χ4v) is 3.12. The highest BCUT2D eigenvalue weighted by atomic mass is 16.2. The van der Waals surface area contributed by atoms with Crippen LogP contribution in [0, 0.1) is 12.8 Å². The Kier molecular flexibility index (Phi) is 3.79. The first-order valence-electron chi connectivity index (χ1n) is 7.74. The Morgan fingerprint density at radius 1 is 1.35 bits per heavy atom. The molecule has 2 atom stereocenters. The Hall–Kier alpha value is -1.35. The van der Waals surface area contributed by atoms with Gasteiger partial charge in [-0.3, -0.25) is 4.79 Å². The average Bonchev–Trinajstić information content (AvgIpc) is 3.17. The summed E-state index contributed by atoms with van der Waals surface area (Å²) in [6, 6.07) is 9.00. The topological polar surface area (TPSA) is 32.3 Å². The lowest BCUT2D eigenvalue weighted by Gasteiger charge is -2.27. The number of carbonyl (C=O) groups is 1. The van der Waals surface area contributed by atoms with Crippen LogP contribution in [0.5, 0.6) is 0 Å². The van der Waals surface area contributed by atoms with E-state index in [2.05, 4.69) is 48.3 Å². The molecule has 1 amide bonds. The van der Waals surface area contributed by atoms with Crippen LogP contribution in [0.2, 0.25) is 0 Å². The molecule has 1 saturated heterocycles. The summed E-state index contributed by atoms with van der Waals surface area (Å²) in [6.45, 7) is 6.02. The number of benzene rings is 1. The Bertz CT molecular complexity index is 496. The highest BCUT2D eigenvalue weighted by Crippen LogP contribution is 2.30. The van der Waals surface area contributed by atoms with Gasteiger partial charge in [0.25, 0.3) is 0 Å². The van der Waals surface area contributed by atoms with Crippen molar-refractivity contribution in [2.24, 2.45) is 5.92 Å². The monoisotopic (exact) mass is 272 g/mol. The molecule has 1 aliphatic carbocycles. The van der Waals surface area contributed by atoms with Crippen molar-refractivity contribution < 1.29 is 4.79 Å². The van der Waals surface area contributed by atoms with Crippen LogP contribution in [0.15, 0.2) is 24.3 Å². The van der Waals surface area contributed by atoms with Gasteiger partial charge in [0.2, 0.25) is 5.91 Å². The van der Waals surface area contributed by atoms with E-state index >= 15 is 0 Å². The normalized spacial score (nSPS) is 25.7. The first kappa shape index (κ1) is 13.6. The lowest BCUT2D eigenvalue weighted by molar-refractivity contribution is -0.135. The maximum atomic E-state index is 12.8. The fraction of sp³-hybridized carbons (Fsp3) is 0.588. The molecule has 0 aromatic heterocycles. The van der Waals surface area contributed by atoms with Crippen molar-refractivity contribution in [2.45, 2.75) is 51.7 Å². The van der Waals surface area contributed by atoms with Crippen molar-refractivity contribution in [1.29, 1.82) is 0 Å². The number of amides is 1. The van der Waals surface area contributed by atoms with Crippen LogP contribution in [0.1, 0.15) is 37.3 Å². The van der Waals surface area contributed by atoms with Crippen LogP contribution in [0.3, 0.4) is 0 Å². The van der Waals surface area contributed by atoms with Crippen LogP contribution in [-0.4, -0.2) is 29.4 Å². The van der Waals surface area contributed by atoms with Crippen LogP contribution < -0.4 is 5.32 Å². The highest BCUT2D eigenvalue weighted by molar-refractivity contribution is 5.83. The maximum absolute atomic E-state index is 12.8. The van der Waals surface area contributed by atoms with Gasteiger partial charge in [-0.1, -0.05) is 36.8 Å². The van der Waals surface area contributed by atoms with Gasteiger partial charge in [-0.25, -0.2) is 0 Å². The molecule has 0 bridgehead atoms. The zero-order chi connectivity index (χ0) is 14.1. The molecular formula is C17H24N2O. The van der Waals surface area contributed by atoms with E-state index in [0.717, 1.165) is 19.5 Å². The summed E-state index contributed by atoms with van der Waals surface area (Å²) in [5.41, 5.74) is 2.51. The second-order valence-corrected chi connectivity index (χ2v) is 6.38. The molecule has 3 heteroatoms. The summed E-state index contributed by atoms with van der Waals surface area (Å²) in [6.07, 6.45) is 3.44.